The maximum Gasteiger partial charge on any atom is 0.197 e. The van der Waals surface area contributed by atoms with Crippen LogP contribution in [-0.4, -0.2) is 23.1 Å². The lowest BCUT2D eigenvalue weighted by atomic mass is 10.1. The zero-order chi connectivity index (χ0) is 28.4. The fraction of sp³-hybridized carbons (Fsp3) is 0.0303. The van der Waals surface area contributed by atoms with Gasteiger partial charge >= 0.3 is 0 Å². The molecule has 7 rings (SSSR count). The van der Waals surface area contributed by atoms with E-state index in [4.69, 9.17) is 0 Å². The van der Waals surface area contributed by atoms with Gasteiger partial charge in [0.05, 0.1) is 16.0 Å². The van der Waals surface area contributed by atoms with Crippen LogP contribution in [0.2, 0.25) is 0 Å². The number of aryl methyl sites for hydroxylation is 1. The first-order valence-corrected chi connectivity index (χ1v) is 15.1. The first-order valence-electron chi connectivity index (χ1n) is 12.6. The first-order chi connectivity index (χ1) is 19.8. The van der Waals surface area contributed by atoms with Gasteiger partial charge in [-0.15, -0.1) is 34.0 Å². The van der Waals surface area contributed by atoms with Gasteiger partial charge in [-0.3, -0.25) is 19.2 Å². The van der Waals surface area contributed by atoms with E-state index in [2.05, 4.69) is 0 Å². The zero-order valence-electron chi connectivity index (χ0n) is 21.3. The van der Waals surface area contributed by atoms with Crippen molar-refractivity contribution in [2.24, 2.45) is 0 Å². The molecule has 0 saturated heterocycles. The number of Topliss-reactive ketones (excluding diaryl/α,β-unsaturated/α-hetero) is 4. The Morgan fingerprint density at radius 3 is 1.61 bits per heavy atom. The van der Waals surface area contributed by atoms with Gasteiger partial charge in [0.1, 0.15) is 5.82 Å². The highest BCUT2D eigenvalue weighted by Gasteiger charge is 2.34. The molecule has 5 aromatic rings. The van der Waals surface area contributed by atoms with Gasteiger partial charge in [0.25, 0.3) is 0 Å². The monoisotopic (exact) mass is 592 g/mol. The molecule has 198 valence electrons. The minimum atomic E-state index is -0.365. The number of hydrogen-bond donors (Lipinski definition) is 0. The number of thiophene rings is 3. The molecule has 0 aliphatic heterocycles. The van der Waals surface area contributed by atoms with E-state index in [-0.39, 0.29) is 40.1 Å². The van der Waals surface area contributed by atoms with Gasteiger partial charge in [-0.2, -0.15) is 0 Å². The van der Waals surface area contributed by atoms with Crippen LogP contribution in [0.5, 0.6) is 0 Å². The number of ketones is 4. The van der Waals surface area contributed by atoms with Crippen molar-refractivity contribution in [2.45, 2.75) is 6.92 Å². The van der Waals surface area contributed by atoms with Crippen LogP contribution in [0.1, 0.15) is 56.7 Å². The molecule has 0 radical (unpaired) electrons. The zero-order valence-corrected chi connectivity index (χ0v) is 23.8. The van der Waals surface area contributed by atoms with Crippen molar-refractivity contribution in [3.63, 3.8) is 0 Å². The van der Waals surface area contributed by atoms with Gasteiger partial charge in [0, 0.05) is 46.6 Å². The van der Waals surface area contributed by atoms with Crippen molar-refractivity contribution >= 4 is 69.3 Å². The summed E-state index contributed by atoms with van der Waals surface area (Å²) in [5, 5.41) is 0. The standard InChI is InChI=1S/C33H17FO4S3/c1-16-12-18(14-24-30(37)21-8-4-5-9-22(21)31(24)38)40-32(16)27-15-25(34)33(41-27)26-11-10-17(39-26)13-23-28(35)19-6-2-3-7-20(19)29(23)36/h2-15H,1H3. The third-order valence-electron chi connectivity index (χ3n) is 7.08. The summed E-state index contributed by atoms with van der Waals surface area (Å²) >= 11 is 4.02. The largest absolute Gasteiger partial charge is 0.288 e. The van der Waals surface area contributed by atoms with Crippen molar-refractivity contribution < 1.29 is 23.6 Å². The average molecular weight is 593 g/mol. The fourth-order valence-electron chi connectivity index (χ4n) is 5.12. The molecule has 2 aliphatic carbocycles. The van der Waals surface area contributed by atoms with Crippen LogP contribution >= 0.6 is 34.0 Å². The van der Waals surface area contributed by atoms with Crippen LogP contribution in [-0.2, 0) is 0 Å². The summed E-state index contributed by atoms with van der Waals surface area (Å²) in [6.45, 7) is 1.92. The van der Waals surface area contributed by atoms with Gasteiger partial charge in [0.2, 0.25) is 0 Å². The minimum Gasteiger partial charge on any atom is -0.288 e. The predicted molar refractivity (Wildman–Crippen MR) is 162 cm³/mol. The van der Waals surface area contributed by atoms with E-state index in [0.29, 0.717) is 36.9 Å². The molecule has 41 heavy (non-hydrogen) atoms. The Hall–Kier alpha value is -4.37. The van der Waals surface area contributed by atoms with Gasteiger partial charge in [-0.25, -0.2) is 4.39 Å². The summed E-state index contributed by atoms with van der Waals surface area (Å²) in [6.07, 6.45) is 3.21. The molecule has 0 N–H and O–H groups in total. The Kier molecular flexibility index (Phi) is 6.01. The van der Waals surface area contributed by atoms with E-state index in [9.17, 15) is 19.2 Å². The van der Waals surface area contributed by atoms with Gasteiger partial charge < -0.3 is 0 Å². The van der Waals surface area contributed by atoms with E-state index in [1.54, 1.807) is 72.8 Å². The topological polar surface area (TPSA) is 68.3 Å². The lowest BCUT2D eigenvalue weighted by Gasteiger charge is -1.94. The highest BCUT2D eigenvalue weighted by Crippen LogP contribution is 2.44. The number of benzene rings is 2. The van der Waals surface area contributed by atoms with Gasteiger partial charge in [0.15, 0.2) is 23.1 Å². The Bertz CT molecular complexity index is 1980. The number of carbonyl (C=O) groups is 4. The molecule has 0 saturated carbocycles. The number of hydrogen-bond acceptors (Lipinski definition) is 7. The normalized spacial score (nSPS) is 14.2. The Morgan fingerprint density at radius 1 is 0.561 bits per heavy atom. The predicted octanol–water partition coefficient (Wildman–Crippen LogP) is 8.58. The molecule has 0 unspecified atom stereocenters. The molecule has 2 aliphatic rings. The number of halogens is 1. The molecule has 0 amide bonds. The van der Waals surface area contributed by atoms with Crippen LogP contribution in [0.15, 0.2) is 83.9 Å². The smallest absolute Gasteiger partial charge is 0.197 e. The van der Waals surface area contributed by atoms with Gasteiger partial charge in [-0.1, -0.05) is 48.5 Å². The fourth-order valence-corrected chi connectivity index (χ4v) is 8.50. The van der Waals surface area contributed by atoms with Crippen molar-refractivity contribution in [1.82, 2.24) is 0 Å². The van der Waals surface area contributed by atoms with Crippen LogP contribution < -0.4 is 0 Å². The van der Waals surface area contributed by atoms with Crippen molar-refractivity contribution in [2.75, 3.05) is 0 Å². The number of allylic oxidation sites excluding steroid dienone is 2. The van der Waals surface area contributed by atoms with E-state index in [1.165, 1.54) is 40.1 Å². The van der Waals surface area contributed by atoms with Gasteiger partial charge in [-0.05, 0) is 48.9 Å². The van der Waals surface area contributed by atoms with E-state index in [0.717, 1.165) is 20.2 Å². The highest BCUT2D eigenvalue weighted by molar-refractivity contribution is 7.27. The molecule has 2 aromatic carbocycles. The Labute approximate surface area is 245 Å². The molecular formula is C33H17FO4S3. The SMILES string of the molecule is Cc1cc(C=C2C(=O)c3ccccc3C2=O)sc1-c1cc(F)c(-c2ccc(C=C3C(=O)c4ccccc4C3=O)s2)s1. The average Bonchev–Trinajstić information content (AvgIpc) is 3.77. The van der Waals surface area contributed by atoms with Crippen molar-refractivity contribution in [3.05, 3.63) is 127 Å². The highest BCUT2D eigenvalue weighted by atomic mass is 32.1. The summed E-state index contributed by atoms with van der Waals surface area (Å²) in [4.78, 5) is 55.3. The molecule has 3 aromatic heterocycles. The Balaban J connectivity index is 1.17. The second-order valence-electron chi connectivity index (χ2n) is 9.67. The lowest BCUT2D eigenvalue weighted by Crippen LogP contribution is -1.99. The maximum absolute atomic E-state index is 15.2. The lowest BCUT2D eigenvalue weighted by molar-refractivity contribution is 0.0975. The quantitative estimate of drug-likeness (QED) is 0.155. The third-order valence-corrected chi connectivity index (χ3v) is 10.8. The third kappa shape index (κ3) is 4.14. The molecule has 0 bridgehead atoms. The maximum atomic E-state index is 15.2. The van der Waals surface area contributed by atoms with Crippen LogP contribution in [0.4, 0.5) is 4.39 Å². The summed E-state index contributed by atoms with van der Waals surface area (Å²) in [7, 11) is 0. The van der Waals surface area contributed by atoms with Crippen LogP contribution in [0.3, 0.4) is 0 Å². The van der Waals surface area contributed by atoms with E-state index in [1.807, 2.05) is 13.0 Å². The van der Waals surface area contributed by atoms with Crippen molar-refractivity contribution in [3.8, 4) is 19.5 Å². The van der Waals surface area contributed by atoms with E-state index >= 15 is 4.39 Å². The molecule has 0 fully saturated rings. The number of carbonyl (C=O) groups excluding carboxylic acids is 4. The minimum absolute atomic E-state index is 0.116. The van der Waals surface area contributed by atoms with Crippen LogP contribution in [0.25, 0.3) is 31.7 Å². The summed E-state index contributed by atoms with van der Waals surface area (Å²) in [6, 6.07) is 20.5. The molecule has 3 heterocycles. The second kappa shape index (κ2) is 9.62. The Morgan fingerprint density at radius 2 is 1.07 bits per heavy atom. The molecule has 0 atom stereocenters. The van der Waals surface area contributed by atoms with E-state index < -0.39 is 0 Å². The molecule has 4 nitrogen and oxygen atoms in total. The first kappa shape index (κ1) is 25.6. The summed E-state index contributed by atoms with van der Waals surface area (Å²) < 4.78 is 15.2. The van der Waals surface area contributed by atoms with Crippen molar-refractivity contribution in [1.29, 1.82) is 0 Å². The molecular weight excluding hydrogens is 576 g/mol. The number of fused-ring (bicyclic) bond motifs is 2. The van der Waals surface area contributed by atoms with Crippen LogP contribution in [0, 0.1) is 12.7 Å². The molecule has 8 heteroatoms. The molecule has 0 spiro atoms. The number of rotatable bonds is 4. The summed E-state index contributed by atoms with van der Waals surface area (Å²) in [5.41, 5.74) is 2.81. The summed E-state index contributed by atoms with van der Waals surface area (Å²) in [5.74, 6) is -1.52. The second-order valence-corrected chi connectivity index (χ2v) is 12.9.